The van der Waals surface area contributed by atoms with Gasteiger partial charge in [-0.25, -0.2) is 4.98 Å². The van der Waals surface area contributed by atoms with E-state index in [1.165, 1.54) is 17.4 Å². The minimum absolute atomic E-state index is 0.136. The van der Waals surface area contributed by atoms with Gasteiger partial charge in [0.1, 0.15) is 5.75 Å². The fourth-order valence-electron chi connectivity index (χ4n) is 2.37. The maximum atomic E-state index is 12.1. The first-order chi connectivity index (χ1) is 13.0. The molecule has 3 aromatic rings. The molecule has 0 aliphatic heterocycles. The molecule has 0 radical (unpaired) electrons. The average Bonchev–Trinajstić information content (AvgIpc) is 3.08. The lowest BCUT2D eigenvalue weighted by atomic mass is 10.2. The highest BCUT2D eigenvalue weighted by atomic mass is 35.5. The van der Waals surface area contributed by atoms with Gasteiger partial charge in [0, 0.05) is 22.0 Å². The first-order valence-electron chi connectivity index (χ1n) is 8.47. The van der Waals surface area contributed by atoms with Gasteiger partial charge in [-0.05, 0) is 61.9 Å². The number of halogens is 1. The number of nitrogens with one attached hydrogen (secondary N) is 1. The number of nitrogens with zero attached hydrogens (tertiary/aromatic N) is 1. The van der Waals surface area contributed by atoms with Gasteiger partial charge in [0.05, 0.1) is 11.8 Å². The van der Waals surface area contributed by atoms with Gasteiger partial charge in [-0.3, -0.25) is 10.1 Å². The molecule has 3 rings (SSSR count). The summed E-state index contributed by atoms with van der Waals surface area (Å²) in [7, 11) is 0. The number of hydrogen-bond donors (Lipinski definition) is 1. The van der Waals surface area contributed by atoms with Gasteiger partial charge >= 0.3 is 0 Å². The lowest BCUT2D eigenvalue weighted by molar-refractivity contribution is -0.111. The summed E-state index contributed by atoms with van der Waals surface area (Å²) in [6, 6.07) is 15.0. The van der Waals surface area contributed by atoms with Crippen LogP contribution in [0.1, 0.15) is 19.4 Å². The second-order valence-corrected chi connectivity index (χ2v) is 7.40. The molecule has 0 unspecified atom stereocenters. The molecule has 0 saturated carbocycles. The zero-order valence-electron chi connectivity index (χ0n) is 15.0. The van der Waals surface area contributed by atoms with Gasteiger partial charge in [0.15, 0.2) is 5.13 Å². The van der Waals surface area contributed by atoms with Crippen LogP contribution in [-0.2, 0) is 4.79 Å². The number of carbonyl (C=O) groups excluding carboxylic acids is 1. The number of aromatic nitrogens is 1. The third kappa shape index (κ3) is 5.67. The number of hydrogen-bond acceptors (Lipinski definition) is 4. The molecule has 6 heteroatoms. The van der Waals surface area contributed by atoms with Gasteiger partial charge in [-0.2, -0.15) is 0 Å². The highest BCUT2D eigenvalue weighted by molar-refractivity contribution is 7.14. The van der Waals surface area contributed by atoms with Crippen molar-refractivity contribution in [2.45, 2.75) is 20.0 Å². The van der Waals surface area contributed by atoms with Crippen LogP contribution in [0.5, 0.6) is 5.75 Å². The molecule has 4 nitrogen and oxygen atoms in total. The summed E-state index contributed by atoms with van der Waals surface area (Å²) in [5, 5.41) is 5.87. The topological polar surface area (TPSA) is 51.2 Å². The van der Waals surface area contributed by atoms with Crippen LogP contribution >= 0.6 is 22.9 Å². The second-order valence-electron chi connectivity index (χ2n) is 6.11. The molecular formula is C21H19ClN2O2S. The summed E-state index contributed by atoms with van der Waals surface area (Å²) in [4.78, 5) is 16.6. The van der Waals surface area contributed by atoms with Crippen LogP contribution < -0.4 is 10.1 Å². The van der Waals surface area contributed by atoms with E-state index in [4.69, 9.17) is 16.3 Å². The highest BCUT2D eigenvalue weighted by Gasteiger charge is 2.07. The van der Waals surface area contributed by atoms with E-state index >= 15 is 0 Å². The number of ether oxygens (including phenoxy) is 1. The van der Waals surface area contributed by atoms with E-state index in [-0.39, 0.29) is 12.0 Å². The molecule has 0 aliphatic carbocycles. The lowest BCUT2D eigenvalue weighted by Crippen LogP contribution is -2.07. The first-order valence-corrected chi connectivity index (χ1v) is 9.72. The molecule has 1 heterocycles. The Morgan fingerprint density at radius 2 is 2.00 bits per heavy atom. The molecule has 138 valence electrons. The Morgan fingerprint density at radius 1 is 1.22 bits per heavy atom. The first kappa shape index (κ1) is 19.1. The molecule has 2 aromatic carbocycles. The van der Waals surface area contributed by atoms with E-state index < -0.39 is 0 Å². The van der Waals surface area contributed by atoms with Crippen LogP contribution in [0.2, 0.25) is 5.02 Å². The Morgan fingerprint density at radius 3 is 2.70 bits per heavy atom. The summed E-state index contributed by atoms with van der Waals surface area (Å²) in [5.74, 6) is 0.584. The predicted molar refractivity (Wildman–Crippen MR) is 112 cm³/mol. The Balaban J connectivity index is 1.62. The number of amides is 1. The summed E-state index contributed by atoms with van der Waals surface area (Å²) in [5.41, 5.74) is 2.64. The van der Waals surface area contributed by atoms with Gasteiger partial charge in [0.2, 0.25) is 5.91 Å². The fraction of sp³-hybridized carbons (Fsp3) is 0.143. The maximum Gasteiger partial charge on any atom is 0.250 e. The van der Waals surface area contributed by atoms with Crippen molar-refractivity contribution >= 4 is 40.1 Å². The van der Waals surface area contributed by atoms with Crippen molar-refractivity contribution in [2.24, 2.45) is 0 Å². The quantitative estimate of drug-likeness (QED) is 0.525. The maximum absolute atomic E-state index is 12.1. The van der Waals surface area contributed by atoms with Crippen LogP contribution in [0.25, 0.3) is 17.3 Å². The van der Waals surface area contributed by atoms with Crippen LogP contribution in [0.15, 0.2) is 60.0 Å². The summed E-state index contributed by atoms with van der Waals surface area (Å²) in [6.07, 6.45) is 3.31. The molecule has 1 amide bonds. The van der Waals surface area contributed by atoms with Crippen molar-refractivity contribution in [1.29, 1.82) is 0 Å². The molecule has 0 atom stereocenters. The molecule has 0 bridgehead atoms. The molecule has 27 heavy (non-hydrogen) atoms. The largest absolute Gasteiger partial charge is 0.491 e. The van der Waals surface area contributed by atoms with Gasteiger partial charge < -0.3 is 4.74 Å². The zero-order chi connectivity index (χ0) is 19.2. The van der Waals surface area contributed by atoms with Gasteiger partial charge in [0.25, 0.3) is 0 Å². The van der Waals surface area contributed by atoms with Crippen LogP contribution in [0.3, 0.4) is 0 Å². The number of anilines is 1. The van der Waals surface area contributed by atoms with Crippen molar-refractivity contribution < 1.29 is 9.53 Å². The number of carbonyl (C=O) groups is 1. The van der Waals surface area contributed by atoms with Crippen molar-refractivity contribution in [3.63, 3.8) is 0 Å². The van der Waals surface area contributed by atoms with Gasteiger partial charge in [-0.1, -0.05) is 23.7 Å². The van der Waals surface area contributed by atoms with E-state index in [9.17, 15) is 4.79 Å². The number of thiazole rings is 1. The highest BCUT2D eigenvalue weighted by Crippen LogP contribution is 2.26. The number of benzene rings is 2. The number of rotatable bonds is 6. The standard InChI is InChI=1S/C21H19ClN2O2S/c1-14(2)26-18-9-7-16(8-10-18)19-13-27-21(23-19)24-20(25)11-6-15-4-3-5-17(22)12-15/h3-14H,1-2H3,(H,23,24,25). The molecule has 0 aliphatic rings. The molecule has 1 aromatic heterocycles. The van der Waals surface area contributed by atoms with Crippen LogP contribution in [0.4, 0.5) is 5.13 Å². The smallest absolute Gasteiger partial charge is 0.250 e. The van der Waals surface area contributed by atoms with Crippen LogP contribution in [-0.4, -0.2) is 17.0 Å². The lowest BCUT2D eigenvalue weighted by Gasteiger charge is -2.09. The molecular weight excluding hydrogens is 380 g/mol. The Hall–Kier alpha value is -2.63. The fourth-order valence-corrected chi connectivity index (χ4v) is 3.29. The molecule has 1 N–H and O–H groups in total. The van der Waals surface area contributed by atoms with E-state index in [1.807, 2.05) is 55.6 Å². The molecule has 0 spiro atoms. The van der Waals surface area contributed by atoms with E-state index in [2.05, 4.69) is 10.3 Å². The zero-order valence-corrected chi connectivity index (χ0v) is 16.6. The molecule has 0 saturated heterocycles. The normalized spacial score (nSPS) is 11.1. The summed E-state index contributed by atoms with van der Waals surface area (Å²) < 4.78 is 5.64. The van der Waals surface area contributed by atoms with Crippen molar-refractivity contribution in [3.8, 4) is 17.0 Å². The predicted octanol–water partition coefficient (Wildman–Crippen LogP) is 5.90. The van der Waals surface area contributed by atoms with E-state index in [0.29, 0.717) is 10.2 Å². The Kier molecular flexibility index (Phi) is 6.27. The van der Waals surface area contributed by atoms with Crippen molar-refractivity contribution in [1.82, 2.24) is 4.98 Å². The monoisotopic (exact) mass is 398 g/mol. The van der Waals surface area contributed by atoms with Gasteiger partial charge in [-0.15, -0.1) is 11.3 Å². The molecule has 0 fully saturated rings. The summed E-state index contributed by atoms with van der Waals surface area (Å²) >= 11 is 7.32. The third-order valence-electron chi connectivity index (χ3n) is 3.53. The van der Waals surface area contributed by atoms with Crippen molar-refractivity contribution in [2.75, 3.05) is 5.32 Å². The third-order valence-corrected chi connectivity index (χ3v) is 4.52. The summed E-state index contributed by atoms with van der Waals surface area (Å²) in [6.45, 7) is 3.98. The average molecular weight is 399 g/mol. The Bertz CT molecular complexity index is 949. The second kappa shape index (κ2) is 8.84. The SMILES string of the molecule is CC(C)Oc1ccc(-c2csc(NC(=O)C=Cc3cccc(Cl)c3)n2)cc1. The Labute approximate surface area is 167 Å². The minimum Gasteiger partial charge on any atom is -0.491 e. The van der Waals surface area contributed by atoms with Crippen LogP contribution in [0, 0.1) is 0 Å². The van der Waals surface area contributed by atoms with Crippen molar-refractivity contribution in [3.05, 3.63) is 70.6 Å². The van der Waals surface area contributed by atoms with E-state index in [0.717, 1.165) is 22.6 Å². The minimum atomic E-state index is -0.239. The van der Waals surface area contributed by atoms with E-state index in [1.54, 1.807) is 18.2 Å².